The van der Waals surface area contributed by atoms with Gasteiger partial charge in [-0.15, -0.1) is 0 Å². The molecule has 0 bridgehead atoms. The van der Waals surface area contributed by atoms with E-state index in [9.17, 15) is 9.90 Å². The molecule has 0 saturated heterocycles. The van der Waals surface area contributed by atoms with Gasteiger partial charge in [0.15, 0.2) is 5.60 Å². The van der Waals surface area contributed by atoms with Crippen molar-refractivity contribution >= 4 is 23.3 Å². The molecule has 3 N–H and O–H groups in total. The monoisotopic (exact) mass is 443 g/mol. The molecule has 0 aromatic heterocycles. The van der Waals surface area contributed by atoms with Crippen molar-refractivity contribution in [2.24, 2.45) is 0 Å². The first-order valence-electron chi connectivity index (χ1n) is 10.1. The highest BCUT2D eigenvalue weighted by atomic mass is 35.5. The average molecular weight is 444 g/mol. The number of benzene rings is 4. The lowest BCUT2D eigenvalue weighted by molar-refractivity contribution is 0.0142. The molecule has 0 aliphatic rings. The number of anilines is 1. The molecule has 32 heavy (non-hydrogen) atoms. The lowest BCUT2D eigenvalue weighted by Gasteiger charge is -2.36. The van der Waals surface area contributed by atoms with E-state index in [1.54, 1.807) is 6.07 Å². The van der Waals surface area contributed by atoms with Crippen LogP contribution in [-0.2, 0) is 10.3 Å². The summed E-state index contributed by atoms with van der Waals surface area (Å²) in [5.74, 6) is -0.693. The minimum absolute atomic E-state index is 0.0952. The molecule has 1 atom stereocenters. The van der Waals surface area contributed by atoms with Crippen LogP contribution in [0.3, 0.4) is 0 Å². The molecule has 0 amide bonds. The molecule has 4 nitrogen and oxygen atoms in total. The summed E-state index contributed by atoms with van der Waals surface area (Å²) in [6.45, 7) is 1.99. The Bertz CT molecular complexity index is 1260. The van der Waals surface area contributed by atoms with E-state index < -0.39 is 11.6 Å². The second-order valence-corrected chi connectivity index (χ2v) is 7.96. The molecule has 4 aromatic rings. The fourth-order valence-corrected chi connectivity index (χ4v) is 4.01. The first kappa shape index (κ1) is 21.5. The number of ether oxygens (including phenoxy) is 1. The fraction of sp³-hybridized carbons (Fsp3) is 0.0741. The van der Waals surface area contributed by atoms with Gasteiger partial charge < -0.3 is 15.6 Å². The van der Waals surface area contributed by atoms with Crippen LogP contribution in [0.5, 0.6) is 5.75 Å². The third-order valence-electron chi connectivity index (χ3n) is 5.40. The topological polar surface area (TPSA) is 72.5 Å². The molecule has 0 spiro atoms. The van der Waals surface area contributed by atoms with Crippen LogP contribution < -0.4 is 5.73 Å². The molecule has 0 aliphatic carbocycles. The second kappa shape index (κ2) is 8.77. The summed E-state index contributed by atoms with van der Waals surface area (Å²) >= 11 is 6.67. The van der Waals surface area contributed by atoms with Crippen molar-refractivity contribution in [3.63, 3.8) is 0 Å². The van der Waals surface area contributed by atoms with E-state index >= 15 is 0 Å². The van der Waals surface area contributed by atoms with Crippen LogP contribution >= 0.6 is 11.6 Å². The summed E-state index contributed by atoms with van der Waals surface area (Å²) in [7, 11) is 0. The van der Waals surface area contributed by atoms with Gasteiger partial charge in [0, 0.05) is 21.7 Å². The van der Waals surface area contributed by atoms with Gasteiger partial charge in [-0.05, 0) is 31.2 Å². The molecule has 0 heterocycles. The molecule has 0 saturated carbocycles. The van der Waals surface area contributed by atoms with Crippen molar-refractivity contribution in [3.8, 4) is 5.75 Å². The molecule has 0 aliphatic heterocycles. The SMILES string of the molecule is Cc1ccc(C(OC(=O)c2ccc(O)c(N)c2)(c2ccccc2)c2ccccc2Cl)cc1. The normalized spacial score (nSPS) is 12.7. The van der Waals surface area contributed by atoms with Crippen LogP contribution in [0.15, 0.2) is 97.1 Å². The molecule has 5 heteroatoms. The third kappa shape index (κ3) is 3.93. The zero-order chi connectivity index (χ0) is 22.7. The van der Waals surface area contributed by atoms with Gasteiger partial charge >= 0.3 is 5.97 Å². The first-order valence-corrected chi connectivity index (χ1v) is 10.5. The number of esters is 1. The van der Waals surface area contributed by atoms with Crippen LogP contribution in [0.4, 0.5) is 5.69 Å². The molecule has 0 fully saturated rings. The van der Waals surface area contributed by atoms with Crippen molar-refractivity contribution in [2.45, 2.75) is 12.5 Å². The van der Waals surface area contributed by atoms with E-state index in [0.29, 0.717) is 10.6 Å². The number of aryl methyl sites for hydroxylation is 1. The number of carbonyl (C=O) groups excluding carboxylic acids is 1. The van der Waals surface area contributed by atoms with E-state index in [-0.39, 0.29) is 17.0 Å². The molecular formula is C27H22ClNO3. The molecule has 0 radical (unpaired) electrons. The number of phenolic OH excluding ortho intramolecular Hbond substituents is 1. The Labute approximate surface area is 191 Å². The number of rotatable bonds is 5. The number of carbonyl (C=O) groups is 1. The highest BCUT2D eigenvalue weighted by Crippen LogP contribution is 2.44. The summed E-state index contributed by atoms with van der Waals surface area (Å²) in [6, 6.07) is 28.9. The Morgan fingerprint density at radius 1 is 0.875 bits per heavy atom. The van der Waals surface area contributed by atoms with E-state index in [2.05, 4.69) is 0 Å². The van der Waals surface area contributed by atoms with Crippen LogP contribution in [0, 0.1) is 6.92 Å². The average Bonchev–Trinajstić information content (AvgIpc) is 2.81. The standard InChI is InChI=1S/C27H22ClNO3/c1-18-11-14-21(15-12-18)27(20-7-3-2-4-8-20,22-9-5-6-10-23(22)28)32-26(31)19-13-16-25(30)24(29)17-19/h2-17,30H,29H2,1H3. The highest BCUT2D eigenvalue weighted by Gasteiger charge is 2.42. The van der Waals surface area contributed by atoms with Gasteiger partial charge in [-0.2, -0.15) is 0 Å². The van der Waals surface area contributed by atoms with Crippen molar-refractivity contribution < 1.29 is 14.6 Å². The zero-order valence-corrected chi connectivity index (χ0v) is 18.2. The Kier molecular flexibility index (Phi) is 5.89. The summed E-state index contributed by atoms with van der Waals surface area (Å²) in [5.41, 5.74) is 8.04. The Morgan fingerprint density at radius 2 is 1.50 bits per heavy atom. The zero-order valence-electron chi connectivity index (χ0n) is 17.5. The number of nitrogens with two attached hydrogens (primary N) is 1. The van der Waals surface area contributed by atoms with Gasteiger partial charge in [-0.25, -0.2) is 4.79 Å². The van der Waals surface area contributed by atoms with Crippen molar-refractivity contribution in [3.05, 3.63) is 130 Å². The van der Waals surface area contributed by atoms with Gasteiger partial charge in [0.25, 0.3) is 0 Å². The van der Waals surface area contributed by atoms with Crippen molar-refractivity contribution in [1.29, 1.82) is 0 Å². The number of aromatic hydroxyl groups is 1. The van der Waals surface area contributed by atoms with Gasteiger partial charge in [-0.3, -0.25) is 0 Å². The summed E-state index contributed by atoms with van der Waals surface area (Å²) in [6.07, 6.45) is 0. The first-order chi connectivity index (χ1) is 15.4. The molecule has 4 aromatic carbocycles. The quantitative estimate of drug-likeness (QED) is 0.169. The van der Waals surface area contributed by atoms with E-state index in [4.69, 9.17) is 22.1 Å². The number of hydrogen-bond acceptors (Lipinski definition) is 4. The largest absolute Gasteiger partial charge is 0.506 e. The Balaban J connectivity index is 1.98. The molecular weight excluding hydrogens is 422 g/mol. The maximum absolute atomic E-state index is 13.4. The van der Waals surface area contributed by atoms with Crippen molar-refractivity contribution in [2.75, 3.05) is 5.73 Å². The maximum atomic E-state index is 13.4. The van der Waals surface area contributed by atoms with Crippen LogP contribution in [-0.4, -0.2) is 11.1 Å². The number of halogens is 1. The van der Waals surface area contributed by atoms with Crippen LogP contribution in [0.1, 0.15) is 32.6 Å². The van der Waals surface area contributed by atoms with Gasteiger partial charge in [-0.1, -0.05) is 90.0 Å². The molecule has 160 valence electrons. The highest BCUT2D eigenvalue weighted by molar-refractivity contribution is 6.31. The smallest absolute Gasteiger partial charge is 0.339 e. The van der Waals surface area contributed by atoms with E-state index in [0.717, 1.165) is 16.7 Å². The minimum atomic E-state index is -1.31. The van der Waals surface area contributed by atoms with Crippen LogP contribution in [0.2, 0.25) is 5.02 Å². The Morgan fingerprint density at radius 3 is 2.16 bits per heavy atom. The lowest BCUT2D eigenvalue weighted by atomic mass is 9.79. The van der Waals surface area contributed by atoms with Gasteiger partial charge in [0.2, 0.25) is 0 Å². The summed E-state index contributed by atoms with van der Waals surface area (Å²) in [5, 5.41) is 10.2. The van der Waals surface area contributed by atoms with Crippen LogP contribution in [0.25, 0.3) is 0 Å². The second-order valence-electron chi connectivity index (χ2n) is 7.56. The summed E-state index contributed by atoms with van der Waals surface area (Å²) < 4.78 is 6.34. The van der Waals surface area contributed by atoms with E-state index in [1.807, 2.05) is 79.7 Å². The lowest BCUT2D eigenvalue weighted by Crippen LogP contribution is -2.35. The van der Waals surface area contributed by atoms with Crippen molar-refractivity contribution in [1.82, 2.24) is 0 Å². The van der Waals surface area contributed by atoms with E-state index in [1.165, 1.54) is 18.2 Å². The number of nitrogen functional groups attached to an aromatic ring is 1. The fourth-order valence-electron chi connectivity index (χ4n) is 3.74. The summed E-state index contributed by atoms with van der Waals surface area (Å²) in [4.78, 5) is 13.4. The predicted octanol–water partition coefficient (Wildman–Crippen LogP) is 6.09. The maximum Gasteiger partial charge on any atom is 0.339 e. The Hall–Kier alpha value is -3.76. The molecule has 1 unspecified atom stereocenters. The predicted molar refractivity (Wildman–Crippen MR) is 127 cm³/mol. The minimum Gasteiger partial charge on any atom is -0.506 e. The molecule has 4 rings (SSSR count). The third-order valence-corrected chi connectivity index (χ3v) is 5.73. The number of hydrogen-bond donors (Lipinski definition) is 2. The van der Waals surface area contributed by atoms with Gasteiger partial charge in [0.1, 0.15) is 5.75 Å². The van der Waals surface area contributed by atoms with Gasteiger partial charge in [0.05, 0.1) is 11.3 Å². The number of phenols is 1.